The summed E-state index contributed by atoms with van der Waals surface area (Å²) in [7, 11) is 0. The molecule has 0 saturated heterocycles. The van der Waals surface area contributed by atoms with Crippen LogP contribution in [0.4, 0.5) is 0 Å². The molecule has 0 atom stereocenters. The van der Waals surface area contributed by atoms with E-state index in [9.17, 15) is 19.8 Å². The predicted octanol–water partition coefficient (Wildman–Crippen LogP) is 11.4. The molecule has 0 bridgehead atoms. The summed E-state index contributed by atoms with van der Waals surface area (Å²) in [5.74, 6) is 3.36. The van der Waals surface area contributed by atoms with Crippen LogP contribution >= 0.6 is 0 Å². The lowest BCUT2D eigenvalue weighted by molar-refractivity contribution is -0.139. The molecule has 2 saturated carbocycles. The molecule has 0 radical (unpaired) electrons. The van der Waals surface area contributed by atoms with Gasteiger partial charge in [-0.2, -0.15) is 0 Å². The van der Waals surface area contributed by atoms with Gasteiger partial charge in [0.05, 0.1) is 33.0 Å². The zero-order valence-electron chi connectivity index (χ0n) is 36.8. The normalized spacial score (nSPS) is 19.7. The van der Waals surface area contributed by atoms with Gasteiger partial charge in [-0.15, -0.1) is 0 Å². The highest BCUT2D eigenvalue weighted by molar-refractivity contribution is 5.87. The maximum atomic E-state index is 12.2. The van der Waals surface area contributed by atoms with Crippen molar-refractivity contribution in [1.82, 2.24) is 0 Å². The SMILES string of the molecule is C=C(C)C(=O)OCCCc1cc(-c2ccc(C3CCC(C4CCC(CCCCC)CC4)CC3)cc2CC)cc(CCCOC(=O)C(=C)C)c1OCCC(C)(CO)CO. The van der Waals surface area contributed by atoms with Crippen LogP contribution in [0.15, 0.2) is 54.6 Å². The van der Waals surface area contributed by atoms with Crippen LogP contribution in [0.3, 0.4) is 0 Å². The molecular weight excluding hydrogens is 725 g/mol. The van der Waals surface area contributed by atoms with Crippen LogP contribution in [0.2, 0.25) is 0 Å². The fraction of sp³-hybridized carbons (Fsp3) is 0.647. The van der Waals surface area contributed by atoms with Crippen molar-refractivity contribution < 1.29 is 34.0 Å². The van der Waals surface area contributed by atoms with Gasteiger partial charge in [0.25, 0.3) is 0 Å². The second-order valence-corrected chi connectivity index (χ2v) is 18.0. The first-order chi connectivity index (χ1) is 27.9. The van der Waals surface area contributed by atoms with E-state index in [2.05, 4.69) is 57.3 Å². The maximum absolute atomic E-state index is 12.2. The summed E-state index contributed by atoms with van der Waals surface area (Å²) in [6.45, 7) is 17.6. The van der Waals surface area contributed by atoms with Crippen molar-refractivity contribution in [3.63, 3.8) is 0 Å². The number of aliphatic hydroxyl groups is 2. The molecule has 322 valence electrons. The Morgan fingerprint density at radius 2 is 1.28 bits per heavy atom. The lowest BCUT2D eigenvalue weighted by atomic mass is 9.68. The van der Waals surface area contributed by atoms with Crippen LogP contribution in [0.1, 0.15) is 159 Å². The summed E-state index contributed by atoms with van der Waals surface area (Å²) in [6.07, 6.45) is 20.4. The smallest absolute Gasteiger partial charge is 0.333 e. The molecule has 2 aromatic carbocycles. The van der Waals surface area contributed by atoms with Gasteiger partial charge in [0.1, 0.15) is 5.75 Å². The minimum atomic E-state index is -0.669. The number of unbranched alkanes of at least 4 members (excludes halogenated alkanes) is 2. The van der Waals surface area contributed by atoms with E-state index in [1.165, 1.54) is 93.7 Å². The molecule has 2 aliphatic rings. The summed E-state index contributed by atoms with van der Waals surface area (Å²) in [6, 6.07) is 11.6. The fourth-order valence-corrected chi connectivity index (χ4v) is 9.17. The highest BCUT2D eigenvalue weighted by Gasteiger charge is 2.31. The van der Waals surface area contributed by atoms with E-state index in [1.54, 1.807) is 13.8 Å². The van der Waals surface area contributed by atoms with Crippen LogP contribution in [0, 0.1) is 23.2 Å². The van der Waals surface area contributed by atoms with Crippen LogP contribution in [-0.2, 0) is 38.3 Å². The third-order valence-corrected chi connectivity index (χ3v) is 13.1. The van der Waals surface area contributed by atoms with Gasteiger partial charge in [-0.25, -0.2) is 9.59 Å². The zero-order chi connectivity index (χ0) is 42.1. The number of hydrogen-bond acceptors (Lipinski definition) is 7. The number of benzene rings is 2. The number of aliphatic hydroxyl groups excluding tert-OH is 2. The average molecular weight is 801 g/mol. The maximum Gasteiger partial charge on any atom is 0.333 e. The van der Waals surface area contributed by atoms with E-state index in [-0.39, 0.29) is 26.4 Å². The molecule has 58 heavy (non-hydrogen) atoms. The standard InChI is InChI=1S/C51H76O7/c1-8-10-11-14-38-17-19-40(20-18-38)41-21-23-42(24-22-41)43-25-26-47(39(9-2)31-43)46-32-44(15-12-28-57-49(54)36(3)4)48(56-30-27-51(7,34-52)35-53)45(33-46)16-13-29-58-50(55)37(5)6/h25-26,31-33,38,40-42,52-53H,3,5,8-24,27-30,34-35H2,1-2,4,6-7H3. The largest absolute Gasteiger partial charge is 0.493 e. The van der Waals surface area contributed by atoms with Gasteiger partial charge < -0.3 is 24.4 Å². The topological polar surface area (TPSA) is 102 Å². The van der Waals surface area contributed by atoms with Crippen molar-refractivity contribution >= 4 is 11.9 Å². The molecule has 2 N–H and O–H groups in total. The number of carbonyl (C=O) groups excluding carboxylic acids is 2. The molecule has 2 fully saturated rings. The predicted molar refractivity (Wildman–Crippen MR) is 236 cm³/mol. The first kappa shape index (κ1) is 47.3. The minimum absolute atomic E-state index is 0.148. The van der Waals surface area contributed by atoms with E-state index >= 15 is 0 Å². The Bertz CT molecular complexity index is 1570. The van der Waals surface area contributed by atoms with Crippen molar-refractivity contribution in [1.29, 1.82) is 0 Å². The number of hydrogen-bond donors (Lipinski definition) is 2. The minimum Gasteiger partial charge on any atom is -0.493 e. The van der Waals surface area contributed by atoms with Crippen molar-refractivity contribution in [2.45, 2.75) is 156 Å². The molecule has 0 amide bonds. The number of ether oxygens (including phenoxy) is 3. The Morgan fingerprint density at radius 1 is 0.724 bits per heavy atom. The van der Waals surface area contributed by atoms with Crippen molar-refractivity contribution in [3.05, 3.63) is 76.9 Å². The highest BCUT2D eigenvalue weighted by atomic mass is 16.5. The Labute approximate surface area is 351 Å². The van der Waals surface area contributed by atoms with Crippen LogP contribution in [-0.4, -0.2) is 55.2 Å². The quantitative estimate of drug-likeness (QED) is 0.0619. The average Bonchev–Trinajstić information content (AvgIpc) is 3.24. The van der Waals surface area contributed by atoms with E-state index in [4.69, 9.17) is 14.2 Å². The van der Waals surface area contributed by atoms with Crippen molar-refractivity contribution in [2.75, 3.05) is 33.0 Å². The molecule has 0 unspecified atom stereocenters. The summed E-state index contributed by atoms with van der Waals surface area (Å²) in [5, 5.41) is 19.9. The number of aryl methyl sites for hydroxylation is 3. The van der Waals surface area contributed by atoms with Gasteiger partial charge in [0.2, 0.25) is 0 Å². The van der Waals surface area contributed by atoms with Crippen LogP contribution in [0.25, 0.3) is 11.1 Å². The molecule has 0 heterocycles. The Hall–Kier alpha value is -3.42. The van der Waals surface area contributed by atoms with Crippen LogP contribution < -0.4 is 4.74 Å². The number of carbonyl (C=O) groups is 2. The molecule has 2 aromatic rings. The first-order valence-electron chi connectivity index (χ1n) is 22.7. The van der Waals surface area contributed by atoms with E-state index in [0.29, 0.717) is 55.8 Å². The lowest BCUT2D eigenvalue weighted by Gasteiger charge is -2.38. The third kappa shape index (κ3) is 14.1. The molecule has 2 aliphatic carbocycles. The summed E-state index contributed by atoms with van der Waals surface area (Å²) < 4.78 is 17.5. The lowest BCUT2D eigenvalue weighted by Crippen LogP contribution is -2.28. The van der Waals surface area contributed by atoms with E-state index < -0.39 is 17.4 Å². The molecule has 0 aliphatic heterocycles. The van der Waals surface area contributed by atoms with E-state index in [1.807, 2.05) is 6.92 Å². The number of rotatable bonds is 24. The highest BCUT2D eigenvalue weighted by Crippen LogP contribution is 2.45. The van der Waals surface area contributed by atoms with Crippen molar-refractivity contribution in [2.24, 2.45) is 23.2 Å². The van der Waals surface area contributed by atoms with Gasteiger partial charge in [-0.3, -0.25) is 0 Å². The van der Waals surface area contributed by atoms with E-state index in [0.717, 1.165) is 46.6 Å². The second kappa shape index (κ2) is 24.0. The van der Waals surface area contributed by atoms with Gasteiger partial charge in [-0.1, -0.05) is 90.7 Å². The molecular formula is C51H76O7. The van der Waals surface area contributed by atoms with Gasteiger partial charge in [-0.05, 0) is 160 Å². The Morgan fingerprint density at radius 3 is 1.78 bits per heavy atom. The van der Waals surface area contributed by atoms with Crippen LogP contribution in [0.5, 0.6) is 5.75 Å². The zero-order valence-corrected chi connectivity index (χ0v) is 36.8. The fourth-order valence-electron chi connectivity index (χ4n) is 9.17. The van der Waals surface area contributed by atoms with Gasteiger partial charge in [0, 0.05) is 16.6 Å². The van der Waals surface area contributed by atoms with Crippen molar-refractivity contribution in [3.8, 4) is 16.9 Å². The monoisotopic (exact) mass is 801 g/mol. The Kier molecular flexibility index (Phi) is 19.5. The second-order valence-electron chi connectivity index (χ2n) is 18.0. The summed E-state index contributed by atoms with van der Waals surface area (Å²) in [5.41, 5.74) is 7.21. The summed E-state index contributed by atoms with van der Waals surface area (Å²) >= 11 is 0. The first-order valence-corrected chi connectivity index (χ1v) is 22.7. The summed E-state index contributed by atoms with van der Waals surface area (Å²) in [4.78, 5) is 24.3. The third-order valence-electron chi connectivity index (χ3n) is 13.1. The molecule has 0 aromatic heterocycles. The van der Waals surface area contributed by atoms with Gasteiger partial charge in [0.15, 0.2) is 0 Å². The Balaban J connectivity index is 1.56. The molecule has 7 heteroatoms. The molecule has 0 spiro atoms. The van der Waals surface area contributed by atoms with Gasteiger partial charge >= 0.3 is 11.9 Å². The molecule has 4 rings (SSSR count). The number of esters is 2. The molecule has 7 nitrogen and oxygen atoms in total.